The summed E-state index contributed by atoms with van der Waals surface area (Å²) in [7, 11) is 0. The van der Waals surface area contributed by atoms with E-state index in [2.05, 4.69) is 93.8 Å². The first-order valence-electron chi connectivity index (χ1n) is 8.19. The summed E-state index contributed by atoms with van der Waals surface area (Å²) >= 11 is 4.42. The largest absolute Gasteiger partial charge is 0.310 e. The summed E-state index contributed by atoms with van der Waals surface area (Å²) in [6.45, 7) is 8.61. The molecule has 0 aliphatic rings. The fourth-order valence-corrected chi connectivity index (χ4v) is 3.27. The van der Waals surface area contributed by atoms with Gasteiger partial charge in [0.15, 0.2) is 0 Å². The van der Waals surface area contributed by atoms with Crippen molar-refractivity contribution in [2.45, 2.75) is 32.6 Å². The SMILES string of the molecule is Cc1ccc(N(c2ccc(S)cc2)c2ccc(C)cc2C)c(C)c1. The normalized spacial score (nSPS) is 10.7. The van der Waals surface area contributed by atoms with Gasteiger partial charge in [0.1, 0.15) is 0 Å². The first-order valence-corrected chi connectivity index (χ1v) is 8.64. The Morgan fingerprint density at radius 3 is 1.50 bits per heavy atom. The van der Waals surface area contributed by atoms with Gasteiger partial charge in [-0.05, 0) is 75.2 Å². The minimum absolute atomic E-state index is 0.972. The summed E-state index contributed by atoms with van der Waals surface area (Å²) in [6, 6.07) is 21.6. The smallest absolute Gasteiger partial charge is 0.0491 e. The van der Waals surface area contributed by atoms with Crippen LogP contribution in [0.15, 0.2) is 65.6 Å². The van der Waals surface area contributed by atoms with Crippen LogP contribution >= 0.6 is 12.6 Å². The molecular formula is C22H23NS. The number of aryl methyl sites for hydroxylation is 4. The van der Waals surface area contributed by atoms with Gasteiger partial charge in [-0.25, -0.2) is 0 Å². The molecule has 0 aromatic heterocycles. The Balaban J connectivity index is 2.22. The molecule has 0 heterocycles. The van der Waals surface area contributed by atoms with Crippen molar-refractivity contribution in [1.29, 1.82) is 0 Å². The predicted molar refractivity (Wildman–Crippen MR) is 107 cm³/mol. The molecule has 0 unspecified atom stereocenters. The highest BCUT2D eigenvalue weighted by Crippen LogP contribution is 2.38. The molecule has 3 rings (SSSR count). The molecule has 0 bridgehead atoms. The van der Waals surface area contributed by atoms with E-state index in [-0.39, 0.29) is 0 Å². The second-order valence-corrected chi connectivity index (χ2v) is 6.95. The van der Waals surface area contributed by atoms with Crippen molar-refractivity contribution >= 4 is 29.7 Å². The van der Waals surface area contributed by atoms with E-state index in [0.29, 0.717) is 0 Å². The summed E-state index contributed by atoms with van der Waals surface area (Å²) in [5.74, 6) is 0. The fraction of sp³-hybridized carbons (Fsp3) is 0.182. The van der Waals surface area contributed by atoms with E-state index in [9.17, 15) is 0 Å². The molecule has 1 nitrogen and oxygen atoms in total. The van der Waals surface area contributed by atoms with Crippen LogP contribution in [-0.4, -0.2) is 0 Å². The van der Waals surface area contributed by atoms with Gasteiger partial charge < -0.3 is 4.90 Å². The molecule has 122 valence electrons. The molecule has 0 radical (unpaired) electrons. The van der Waals surface area contributed by atoms with Gasteiger partial charge in [-0.2, -0.15) is 0 Å². The Morgan fingerprint density at radius 1 is 0.625 bits per heavy atom. The number of rotatable bonds is 3. The van der Waals surface area contributed by atoms with Gasteiger partial charge in [0.2, 0.25) is 0 Å². The zero-order chi connectivity index (χ0) is 17.3. The lowest BCUT2D eigenvalue weighted by atomic mass is 10.0. The standard InChI is InChI=1S/C22H23NS/c1-15-5-11-21(17(3)13-15)23(19-7-9-20(24)10-8-19)22-12-6-16(2)14-18(22)4/h5-14,24H,1-4H3. The van der Waals surface area contributed by atoms with Gasteiger partial charge in [-0.1, -0.05) is 35.4 Å². The topological polar surface area (TPSA) is 3.24 Å². The van der Waals surface area contributed by atoms with Crippen LogP contribution in [-0.2, 0) is 0 Å². The molecule has 0 atom stereocenters. The molecule has 0 saturated carbocycles. The van der Waals surface area contributed by atoms with E-state index in [0.717, 1.165) is 10.6 Å². The summed E-state index contributed by atoms with van der Waals surface area (Å²) in [6.07, 6.45) is 0. The fourth-order valence-electron chi connectivity index (χ4n) is 3.12. The number of hydrogen-bond donors (Lipinski definition) is 1. The van der Waals surface area contributed by atoms with Crippen molar-refractivity contribution < 1.29 is 0 Å². The number of anilines is 3. The zero-order valence-electron chi connectivity index (χ0n) is 14.7. The van der Waals surface area contributed by atoms with Crippen LogP contribution in [0.4, 0.5) is 17.1 Å². The Bertz CT molecular complexity index is 814. The van der Waals surface area contributed by atoms with Crippen molar-refractivity contribution in [1.82, 2.24) is 0 Å². The van der Waals surface area contributed by atoms with E-state index in [4.69, 9.17) is 0 Å². The number of benzene rings is 3. The van der Waals surface area contributed by atoms with Crippen molar-refractivity contribution in [2.75, 3.05) is 4.90 Å². The molecule has 0 aliphatic heterocycles. The quantitative estimate of drug-likeness (QED) is 0.523. The number of hydrogen-bond acceptors (Lipinski definition) is 2. The number of thiol groups is 1. The van der Waals surface area contributed by atoms with Crippen LogP contribution in [0, 0.1) is 27.7 Å². The van der Waals surface area contributed by atoms with Crippen LogP contribution < -0.4 is 4.90 Å². The summed E-state index contributed by atoms with van der Waals surface area (Å²) < 4.78 is 0. The molecular weight excluding hydrogens is 310 g/mol. The Hall–Kier alpha value is -2.19. The predicted octanol–water partition coefficient (Wildman–Crippen LogP) is 6.68. The third-order valence-corrected chi connectivity index (χ3v) is 4.59. The minimum atomic E-state index is 0.972. The van der Waals surface area contributed by atoms with E-state index in [1.165, 1.54) is 33.6 Å². The molecule has 0 spiro atoms. The molecule has 0 aliphatic carbocycles. The van der Waals surface area contributed by atoms with Crippen LogP contribution in [0.3, 0.4) is 0 Å². The lowest BCUT2D eigenvalue weighted by Gasteiger charge is -2.29. The lowest BCUT2D eigenvalue weighted by Crippen LogP contribution is -2.12. The van der Waals surface area contributed by atoms with E-state index < -0.39 is 0 Å². The molecule has 0 fully saturated rings. The van der Waals surface area contributed by atoms with Crippen LogP contribution in [0.5, 0.6) is 0 Å². The molecule has 0 amide bonds. The van der Waals surface area contributed by atoms with Crippen LogP contribution in [0.2, 0.25) is 0 Å². The van der Waals surface area contributed by atoms with E-state index >= 15 is 0 Å². The molecule has 3 aromatic rings. The summed E-state index contributed by atoms with van der Waals surface area (Å²) in [5, 5.41) is 0. The number of nitrogens with zero attached hydrogens (tertiary/aromatic N) is 1. The van der Waals surface area contributed by atoms with Crippen LogP contribution in [0.25, 0.3) is 0 Å². The van der Waals surface area contributed by atoms with Gasteiger partial charge >= 0.3 is 0 Å². The zero-order valence-corrected chi connectivity index (χ0v) is 15.6. The molecule has 2 heteroatoms. The van der Waals surface area contributed by atoms with Gasteiger partial charge in [0.05, 0.1) is 0 Å². The third kappa shape index (κ3) is 3.34. The highest BCUT2D eigenvalue weighted by molar-refractivity contribution is 7.80. The Labute approximate surface area is 150 Å². The van der Waals surface area contributed by atoms with Crippen LogP contribution in [0.1, 0.15) is 22.3 Å². The second kappa shape index (κ2) is 6.74. The lowest BCUT2D eigenvalue weighted by molar-refractivity contribution is 1.20. The van der Waals surface area contributed by atoms with Gasteiger partial charge in [-0.3, -0.25) is 0 Å². The first-order chi connectivity index (χ1) is 11.5. The Morgan fingerprint density at radius 2 is 1.08 bits per heavy atom. The minimum Gasteiger partial charge on any atom is -0.310 e. The van der Waals surface area contributed by atoms with Crippen molar-refractivity contribution in [3.05, 3.63) is 82.9 Å². The van der Waals surface area contributed by atoms with Gasteiger partial charge in [0.25, 0.3) is 0 Å². The maximum atomic E-state index is 4.42. The maximum absolute atomic E-state index is 4.42. The molecule has 0 saturated heterocycles. The van der Waals surface area contributed by atoms with Crippen molar-refractivity contribution in [2.24, 2.45) is 0 Å². The third-order valence-electron chi connectivity index (χ3n) is 4.29. The maximum Gasteiger partial charge on any atom is 0.0491 e. The van der Waals surface area contributed by atoms with E-state index in [1.54, 1.807) is 0 Å². The molecule has 0 N–H and O–H groups in total. The van der Waals surface area contributed by atoms with Gasteiger partial charge in [0, 0.05) is 22.0 Å². The van der Waals surface area contributed by atoms with Crippen molar-refractivity contribution in [3.8, 4) is 0 Å². The monoisotopic (exact) mass is 333 g/mol. The highest BCUT2D eigenvalue weighted by Gasteiger charge is 2.16. The summed E-state index contributed by atoms with van der Waals surface area (Å²) in [4.78, 5) is 3.30. The highest BCUT2D eigenvalue weighted by atomic mass is 32.1. The first kappa shape index (κ1) is 16.7. The average Bonchev–Trinajstić information content (AvgIpc) is 2.53. The van der Waals surface area contributed by atoms with Gasteiger partial charge in [-0.15, -0.1) is 12.6 Å². The molecule has 3 aromatic carbocycles. The summed E-state index contributed by atoms with van der Waals surface area (Å²) in [5.41, 5.74) is 8.66. The Kier molecular flexibility index (Phi) is 4.68. The second-order valence-electron chi connectivity index (χ2n) is 6.43. The average molecular weight is 334 g/mol. The molecule has 24 heavy (non-hydrogen) atoms. The van der Waals surface area contributed by atoms with Crippen molar-refractivity contribution in [3.63, 3.8) is 0 Å². The van der Waals surface area contributed by atoms with E-state index in [1.807, 2.05) is 12.1 Å².